The predicted molar refractivity (Wildman–Crippen MR) is 112 cm³/mol. The molecular formula is C22H22N2O4S. The Labute approximate surface area is 170 Å². The van der Waals surface area contributed by atoms with Crippen molar-refractivity contribution in [2.24, 2.45) is 0 Å². The van der Waals surface area contributed by atoms with E-state index in [1.165, 1.54) is 11.4 Å². The standard InChI is InChI=1S/C22H22N2O4S/c1-28-18-9-11-19(12-10-18)29(26,27)24-15-13-23(14-16-24)22(25)21-8-4-6-17-5-2-3-7-20(17)21/h2-12H,13-16H2,1H3. The molecule has 3 aromatic rings. The van der Waals surface area contributed by atoms with Crippen LogP contribution in [0.4, 0.5) is 0 Å². The second-order valence-electron chi connectivity index (χ2n) is 6.90. The number of rotatable bonds is 4. The van der Waals surface area contributed by atoms with Crippen molar-refractivity contribution in [3.8, 4) is 5.75 Å². The van der Waals surface area contributed by atoms with Crippen molar-refractivity contribution < 1.29 is 17.9 Å². The van der Waals surface area contributed by atoms with Crippen LogP contribution in [0.3, 0.4) is 0 Å². The molecule has 7 heteroatoms. The molecule has 0 bridgehead atoms. The number of fused-ring (bicyclic) bond motifs is 1. The van der Waals surface area contributed by atoms with Crippen LogP contribution < -0.4 is 4.74 Å². The van der Waals surface area contributed by atoms with Crippen molar-refractivity contribution in [1.29, 1.82) is 0 Å². The Morgan fingerprint density at radius 3 is 2.21 bits per heavy atom. The SMILES string of the molecule is COc1ccc(S(=O)(=O)N2CCN(C(=O)c3cccc4ccccc34)CC2)cc1. The third-order valence-corrected chi connectivity index (χ3v) is 7.16. The summed E-state index contributed by atoms with van der Waals surface area (Å²) in [5, 5.41) is 1.92. The van der Waals surface area contributed by atoms with E-state index in [2.05, 4.69) is 0 Å². The summed E-state index contributed by atoms with van der Waals surface area (Å²) in [5.74, 6) is 0.540. The molecule has 1 saturated heterocycles. The van der Waals surface area contributed by atoms with Crippen LogP contribution in [0.15, 0.2) is 71.6 Å². The molecule has 0 N–H and O–H groups in total. The third-order valence-electron chi connectivity index (χ3n) is 5.24. The number of carbonyl (C=O) groups is 1. The molecule has 0 spiro atoms. The Morgan fingerprint density at radius 2 is 1.52 bits per heavy atom. The van der Waals surface area contributed by atoms with E-state index in [-0.39, 0.29) is 23.9 Å². The summed E-state index contributed by atoms with van der Waals surface area (Å²) >= 11 is 0. The molecule has 29 heavy (non-hydrogen) atoms. The third kappa shape index (κ3) is 3.71. The topological polar surface area (TPSA) is 66.9 Å². The number of carbonyl (C=O) groups excluding carboxylic acids is 1. The van der Waals surface area contributed by atoms with E-state index in [4.69, 9.17) is 4.74 Å². The van der Waals surface area contributed by atoms with Gasteiger partial charge in [0.05, 0.1) is 12.0 Å². The second-order valence-corrected chi connectivity index (χ2v) is 8.84. The molecule has 0 aromatic heterocycles. The lowest BCUT2D eigenvalue weighted by molar-refractivity contribution is 0.0700. The highest BCUT2D eigenvalue weighted by molar-refractivity contribution is 7.89. The lowest BCUT2D eigenvalue weighted by Crippen LogP contribution is -2.50. The zero-order chi connectivity index (χ0) is 20.4. The molecule has 3 aromatic carbocycles. The van der Waals surface area contributed by atoms with Gasteiger partial charge in [-0.2, -0.15) is 4.31 Å². The molecule has 1 fully saturated rings. The zero-order valence-electron chi connectivity index (χ0n) is 16.1. The maximum absolute atomic E-state index is 13.1. The molecule has 0 radical (unpaired) electrons. The van der Waals surface area contributed by atoms with E-state index in [9.17, 15) is 13.2 Å². The van der Waals surface area contributed by atoms with Crippen LogP contribution in [-0.4, -0.2) is 56.8 Å². The van der Waals surface area contributed by atoms with Crippen molar-refractivity contribution in [2.45, 2.75) is 4.90 Å². The largest absolute Gasteiger partial charge is 0.497 e. The molecule has 6 nitrogen and oxygen atoms in total. The Bertz CT molecular complexity index is 1130. The Hall–Kier alpha value is -2.90. The number of hydrogen-bond acceptors (Lipinski definition) is 4. The number of piperazine rings is 1. The van der Waals surface area contributed by atoms with Crippen LogP contribution in [0.2, 0.25) is 0 Å². The number of nitrogens with zero attached hydrogens (tertiary/aromatic N) is 2. The van der Waals surface area contributed by atoms with E-state index in [1.54, 1.807) is 29.2 Å². The monoisotopic (exact) mass is 410 g/mol. The maximum Gasteiger partial charge on any atom is 0.254 e. The zero-order valence-corrected chi connectivity index (χ0v) is 16.9. The predicted octanol–water partition coefficient (Wildman–Crippen LogP) is 3.00. The van der Waals surface area contributed by atoms with Gasteiger partial charge < -0.3 is 9.64 Å². The Morgan fingerprint density at radius 1 is 0.862 bits per heavy atom. The van der Waals surface area contributed by atoms with E-state index in [0.717, 1.165) is 10.8 Å². The first-order valence-corrected chi connectivity index (χ1v) is 10.9. The fraction of sp³-hybridized carbons (Fsp3) is 0.227. The first-order chi connectivity index (χ1) is 14.0. The average Bonchev–Trinajstić information content (AvgIpc) is 2.78. The van der Waals surface area contributed by atoms with E-state index >= 15 is 0 Å². The second kappa shape index (κ2) is 7.85. The summed E-state index contributed by atoms with van der Waals surface area (Å²) in [7, 11) is -2.06. The minimum Gasteiger partial charge on any atom is -0.497 e. The number of methoxy groups -OCH3 is 1. The fourth-order valence-electron chi connectivity index (χ4n) is 3.61. The van der Waals surface area contributed by atoms with Gasteiger partial charge in [0.25, 0.3) is 5.91 Å². The van der Waals surface area contributed by atoms with Gasteiger partial charge in [-0.05, 0) is 41.1 Å². The summed E-state index contributed by atoms with van der Waals surface area (Å²) in [6.07, 6.45) is 0. The van der Waals surface area contributed by atoms with Crippen LogP contribution in [0, 0.1) is 0 Å². The van der Waals surface area contributed by atoms with Gasteiger partial charge in [0.2, 0.25) is 10.0 Å². The molecular weight excluding hydrogens is 388 g/mol. The van der Waals surface area contributed by atoms with Gasteiger partial charge in [-0.15, -0.1) is 0 Å². The first-order valence-electron chi connectivity index (χ1n) is 9.42. The smallest absolute Gasteiger partial charge is 0.254 e. The lowest BCUT2D eigenvalue weighted by atomic mass is 10.0. The lowest BCUT2D eigenvalue weighted by Gasteiger charge is -2.34. The van der Waals surface area contributed by atoms with Gasteiger partial charge in [0.15, 0.2) is 0 Å². The summed E-state index contributed by atoms with van der Waals surface area (Å²) in [4.78, 5) is 15.0. The summed E-state index contributed by atoms with van der Waals surface area (Å²) in [6, 6.07) is 19.8. The van der Waals surface area contributed by atoms with Crippen molar-refractivity contribution in [3.63, 3.8) is 0 Å². The minimum atomic E-state index is -3.60. The number of hydrogen-bond donors (Lipinski definition) is 0. The van der Waals surface area contributed by atoms with Crippen LogP contribution in [-0.2, 0) is 10.0 Å². The van der Waals surface area contributed by atoms with Crippen LogP contribution in [0.5, 0.6) is 5.75 Å². The molecule has 1 aliphatic rings. The number of benzene rings is 3. The van der Waals surface area contributed by atoms with Gasteiger partial charge in [-0.1, -0.05) is 36.4 Å². The molecule has 150 valence electrons. The van der Waals surface area contributed by atoms with E-state index in [1.807, 2.05) is 42.5 Å². The van der Waals surface area contributed by atoms with E-state index in [0.29, 0.717) is 24.4 Å². The van der Waals surface area contributed by atoms with Crippen LogP contribution in [0.1, 0.15) is 10.4 Å². The Balaban J connectivity index is 1.49. The highest BCUT2D eigenvalue weighted by Gasteiger charge is 2.30. The molecule has 1 amide bonds. The average molecular weight is 410 g/mol. The highest BCUT2D eigenvalue weighted by atomic mass is 32.2. The molecule has 0 saturated carbocycles. The van der Waals surface area contributed by atoms with Crippen molar-refractivity contribution in [3.05, 3.63) is 72.3 Å². The number of sulfonamides is 1. The van der Waals surface area contributed by atoms with Gasteiger partial charge in [-0.25, -0.2) is 8.42 Å². The van der Waals surface area contributed by atoms with Gasteiger partial charge in [0.1, 0.15) is 5.75 Å². The van der Waals surface area contributed by atoms with Gasteiger partial charge >= 0.3 is 0 Å². The Kier molecular flexibility index (Phi) is 5.25. The highest BCUT2D eigenvalue weighted by Crippen LogP contribution is 2.23. The number of amides is 1. The van der Waals surface area contributed by atoms with Gasteiger partial charge in [-0.3, -0.25) is 4.79 Å². The summed E-state index contributed by atoms with van der Waals surface area (Å²) in [5.41, 5.74) is 0.648. The van der Waals surface area contributed by atoms with Crippen LogP contribution in [0.25, 0.3) is 10.8 Å². The van der Waals surface area contributed by atoms with Crippen molar-refractivity contribution >= 4 is 26.7 Å². The van der Waals surface area contributed by atoms with E-state index < -0.39 is 10.0 Å². The molecule has 4 rings (SSSR count). The molecule has 1 aliphatic heterocycles. The normalized spacial score (nSPS) is 15.4. The molecule has 0 unspecified atom stereocenters. The maximum atomic E-state index is 13.1. The van der Waals surface area contributed by atoms with Crippen molar-refractivity contribution in [2.75, 3.05) is 33.3 Å². The first kappa shape index (κ1) is 19.4. The molecule has 0 aliphatic carbocycles. The summed E-state index contributed by atoms with van der Waals surface area (Å²) in [6.45, 7) is 1.25. The number of ether oxygens (including phenoxy) is 1. The quantitative estimate of drug-likeness (QED) is 0.663. The minimum absolute atomic E-state index is 0.0664. The fourth-order valence-corrected chi connectivity index (χ4v) is 5.03. The van der Waals surface area contributed by atoms with Gasteiger partial charge in [0, 0.05) is 31.7 Å². The van der Waals surface area contributed by atoms with Crippen LogP contribution >= 0.6 is 0 Å². The molecule has 1 heterocycles. The molecule has 0 atom stereocenters. The summed E-state index contributed by atoms with van der Waals surface area (Å²) < 4.78 is 32.3. The van der Waals surface area contributed by atoms with Crippen molar-refractivity contribution in [1.82, 2.24) is 9.21 Å².